The maximum absolute atomic E-state index is 12.7. The SMILES string of the molecule is Cc1ccccc1-c1ccc(N2CCC(C(=O)N3CCOCC3)CC2)nn1. The first-order chi connectivity index (χ1) is 13.2. The van der Waals surface area contributed by atoms with Crippen molar-refractivity contribution in [2.24, 2.45) is 5.92 Å². The van der Waals surface area contributed by atoms with Crippen LogP contribution in [0.3, 0.4) is 0 Å². The van der Waals surface area contributed by atoms with Crippen molar-refractivity contribution in [3.05, 3.63) is 42.0 Å². The fourth-order valence-corrected chi connectivity index (χ4v) is 3.90. The number of aromatic nitrogens is 2. The van der Waals surface area contributed by atoms with Crippen LogP contribution in [0.15, 0.2) is 36.4 Å². The molecule has 3 heterocycles. The summed E-state index contributed by atoms with van der Waals surface area (Å²) in [5.41, 5.74) is 3.21. The summed E-state index contributed by atoms with van der Waals surface area (Å²) in [6, 6.07) is 12.3. The molecule has 2 saturated heterocycles. The van der Waals surface area contributed by atoms with Gasteiger partial charge in [0.25, 0.3) is 0 Å². The third-order valence-corrected chi connectivity index (χ3v) is 5.56. The molecule has 1 aromatic heterocycles. The van der Waals surface area contributed by atoms with Crippen LogP contribution >= 0.6 is 0 Å². The van der Waals surface area contributed by atoms with Crippen molar-refractivity contribution >= 4 is 11.7 Å². The minimum Gasteiger partial charge on any atom is -0.378 e. The largest absolute Gasteiger partial charge is 0.378 e. The second-order valence-electron chi connectivity index (χ2n) is 7.29. The topological polar surface area (TPSA) is 58.6 Å². The molecular weight excluding hydrogens is 340 g/mol. The highest BCUT2D eigenvalue weighted by Gasteiger charge is 2.29. The molecule has 0 atom stereocenters. The number of carbonyl (C=O) groups excluding carboxylic acids is 1. The molecule has 1 amide bonds. The summed E-state index contributed by atoms with van der Waals surface area (Å²) < 4.78 is 5.34. The normalized spacial score (nSPS) is 18.6. The van der Waals surface area contributed by atoms with Crippen molar-refractivity contribution in [1.82, 2.24) is 15.1 Å². The lowest BCUT2D eigenvalue weighted by atomic mass is 9.95. The highest BCUT2D eigenvalue weighted by atomic mass is 16.5. The number of carbonyl (C=O) groups is 1. The predicted molar refractivity (Wildman–Crippen MR) is 105 cm³/mol. The molecule has 2 aliphatic rings. The molecule has 0 radical (unpaired) electrons. The van der Waals surface area contributed by atoms with Crippen LogP contribution in [0.2, 0.25) is 0 Å². The zero-order valence-corrected chi connectivity index (χ0v) is 15.8. The van der Waals surface area contributed by atoms with Gasteiger partial charge in [-0.2, -0.15) is 0 Å². The molecule has 0 N–H and O–H groups in total. The molecule has 0 aliphatic carbocycles. The predicted octanol–water partition coefficient (Wildman–Crippen LogP) is 2.53. The molecule has 2 fully saturated rings. The minimum atomic E-state index is 0.124. The van der Waals surface area contributed by atoms with Crippen molar-refractivity contribution in [3.8, 4) is 11.3 Å². The summed E-state index contributed by atoms with van der Waals surface area (Å²) >= 11 is 0. The van der Waals surface area contributed by atoms with Gasteiger partial charge in [0.05, 0.1) is 18.9 Å². The fraction of sp³-hybridized carbons (Fsp3) is 0.476. The lowest BCUT2D eigenvalue weighted by Crippen LogP contribution is -2.47. The average Bonchev–Trinajstić information content (AvgIpc) is 2.74. The van der Waals surface area contributed by atoms with Gasteiger partial charge in [0.2, 0.25) is 5.91 Å². The number of ether oxygens (including phenoxy) is 1. The number of morpholine rings is 1. The summed E-state index contributed by atoms with van der Waals surface area (Å²) in [7, 11) is 0. The molecule has 6 nitrogen and oxygen atoms in total. The lowest BCUT2D eigenvalue weighted by molar-refractivity contribution is -0.140. The maximum atomic E-state index is 12.7. The van der Waals surface area contributed by atoms with Gasteiger partial charge in [-0.3, -0.25) is 4.79 Å². The van der Waals surface area contributed by atoms with E-state index in [1.807, 2.05) is 29.2 Å². The van der Waals surface area contributed by atoms with Crippen LogP contribution in [0.1, 0.15) is 18.4 Å². The van der Waals surface area contributed by atoms with E-state index in [1.54, 1.807) is 0 Å². The first-order valence-electron chi connectivity index (χ1n) is 9.73. The summed E-state index contributed by atoms with van der Waals surface area (Å²) in [6.07, 6.45) is 1.74. The van der Waals surface area contributed by atoms with Gasteiger partial charge in [-0.05, 0) is 37.5 Å². The Morgan fingerprint density at radius 2 is 1.74 bits per heavy atom. The van der Waals surface area contributed by atoms with E-state index in [0.29, 0.717) is 19.1 Å². The zero-order chi connectivity index (χ0) is 18.6. The number of anilines is 1. The Hall–Kier alpha value is -2.47. The number of piperidine rings is 1. The van der Waals surface area contributed by atoms with Crippen molar-refractivity contribution < 1.29 is 9.53 Å². The van der Waals surface area contributed by atoms with E-state index in [0.717, 1.165) is 56.1 Å². The molecule has 1 aromatic carbocycles. The smallest absolute Gasteiger partial charge is 0.225 e. The van der Waals surface area contributed by atoms with Crippen LogP contribution in [0.4, 0.5) is 5.82 Å². The molecule has 27 heavy (non-hydrogen) atoms. The first-order valence-corrected chi connectivity index (χ1v) is 9.73. The Labute approximate surface area is 160 Å². The van der Waals surface area contributed by atoms with Gasteiger partial charge in [-0.25, -0.2) is 0 Å². The van der Waals surface area contributed by atoms with E-state index in [4.69, 9.17) is 4.74 Å². The molecule has 6 heteroatoms. The van der Waals surface area contributed by atoms with Gasteiger partial charge < -0.3 is 14.5 Å². The van der Waals surface area contributed by atoms with E-state index >= 15 is 0 Å². The summed E-state index contributed by atoms with van der Waals surface area (Å²) in [5, 5.41) is 8.88. The molecule has 0 spiro atoms. The molecular formula is C21H26N4O2. The fourth-order valence-electron chi connectivity index (χ4n) is 3.90. The van der Waals surface area contributed by atoms with Gasteiger partial charge in [0.1, 0.15) is 0 Å². The van der Waals surface area contributed by atoms with Crippen molar-refractivity contribution in [2.45, 2.75) is 19.8 Å². The van der Waals surface area contributed by atoms with E-state index in [2.05, 4.69) is 34.2 Å². The highest BCUT2D eigenvalue weighted by Crippen LogP contribution is 2.25. The molecule has 4 rings (SSSR count). The first kappa shape index (κ1) is 17.9. The molecule has 0 saturated carbocycles. The summed E-state index contributed by atoms with van der Waals surface area (Å²) in [6.45, 7) is 6.55. The molecule has 2 aromatic rings. The lowest BCUT2D eigenvalue weighted by Gasteiger charge is -2.35. The Morgan fingerprint density at radius 3 is 2.41 bits per heavy atom. The second kappa shape index (κ2) is 8.05. The number of rotatable bonds is 3. The third-order valence-electron chi connectivity index (χ3n) is 5.56. The summed E-state index contributed by atoms with van der Waals surface area (Å²) in [5.74, 6) is 1.31. The zero-order valence-electron chi connectivity index (χ0n) is 15.8. The number of nitrogens with zero attached hydrogens (tertiary/aromatic N) is 4. The standard InChI is InChI=1S/C21H26N4O2/c1-16-4-2-3-5-18(16)19-6-7-20(23-22-19)24-10-8-17(9-11-24)21(26)25-12-14-27-15-13-25/h2-7,17H,8-15H2,1H3. The number of hydrogen-bond acceptors (Lipinski definition) is 5. The Bertz CT molecular complexity index is 779. The van der Waals surface area contributed by atoms with Crippen molar-refractivity contribution in [1.29, 1.82) is 0 Å². The van der Waals surface area contributed by atoms with Crippen LogP contribution in [0.5, 0.6) is 0 Å². The molecule has 2 aliphatic heterocycles. The number of hydrogen-bond donors (Lipinski definition) is 0. The van der Waals surface area contributed by atoms with Crippen LogP contribution in [0, 0.1) is 12.8 Å². The summed E-state index contributed by atoms with van der Waals surface area (Å²) in [4.78, 5) is 16.8. The van der Waals surface area contributed by atoms with E-state index in [9.17, 15) is 4.79 Å². The van der Waals surface area contributed by atoms with E-state index in [-0.39, 0.29) is 5.92 Å². The van der Waals surface area contributed by atoms with Gasteiger partial charge in [-0.15, -0.1) is 10.2 Å². The van der Waals surface area contributed by atoms with Crippen molar-refractivity contribution in [3.63, 3.8) is 0 Å². The van der Waals surface area contributed by atoms with Gasteiger partial charge >= 0.3 is 0 Å². The quantitative estimate of drug-likeness (QED) is 0.835. The van der Waals surface area contributed by atoms with Crippen molar-refractivity contribution in [2.75, 3.05) is 44.3 Å². The maximum Gasteiger partial charge on any atom is 0.225 e. The monoisotopic (exact) mass is 366 g/mol. The number of amides is 1. The van der Waals surface area contributed by atoms with Gasteiger partial charge in [0, 0.05) is 37.7 Å². The Kier molecular flexibility index (Phi) is 5.34. The molecule has 0 bridgehead atoms. The molecule has 0 unspecified atom stereocenters. The minimum absolute atomic E-state index is 0.124. The third kappa shape index (κ3) is 3.95. The van der Waals surface area contributed by atoms with Gasteiger partial charge in [-0.1, -0.05) is 24.3 Å². The van der Waals surface area contributed by atoms with Gasteiger partial charge in [0.15, 0.2) is 5.82 Å². The number of benzene rings is 1. The Balaban J connectivity index is 1.37. The number of aryl methyl sites for hydroxylation is 1. The average molecular weight is 366 g/mol. The second-order valence-corrected chi connectivity index (χ2v) is 7.29. The Morgan fingerprint density at radius 1 is 1.00 bits per heavy atom. The van der Waals surface area contributed by atoms with Crippen LogP contribution in [0.25, 0.3) is 11.3 Å². The highest BCUT2D eigenvalue weighted by molar-refractivity contribution is 5.79. The van der Waals surface area contributed by atoms with Crippen LogP contribution < -0.4 is 4.90 Å². The van der Waals surface area contributed by atoms with E-state index in [1.165, 1.54) is 5.56 Å². The molecule has 142 valence electrons. The van der Waals surface area contributed by atoms with Crippen LogP contribution in [-0.4, -0.2) is 60.4 Å². The van der Waals surface area contributed by atoms with E-state index < -0.39 is 0 Å². The van der Waals surface area contributed by atoms with Crippen LogP contribution in [-0.2, 0) is 9.53 Å².